The molecule has 14 heteroatoms. The van der Waals surface area contributed by atoms with E-state index in [0.29, 0.717) is 11.0 Å². The summed E-state index contributed by atoms with van der Waals surface area (Å²) in [5.74, 6) is -3.88. The fourth-order valence-corrected chi connectivity index (χ4v) is 6.23. The molecule has 0 saturated carbocycles. The van der Waals surface area contributed by atoms with Crippen LogP contribution in [0.4, 0.5) is 33.3 Å². The van der Waals surface area contributed by atoms with Crippen molar-refractivity contribution in [3.05, 3.63) is 53.6 Å². The minimum Gasteiger partial charge on any atom is -0.435 e. The average Bonchev–Trinajstić information content (AvgIpc) is 2.93. The maximum absolute atomic E-state index is 14.0. The maximum atomic E-state index is 14.0. The highest BCUT2D eigenvalue weighted by molar-refractivity contribution is 7.93. The van der Waals surface area contributed by atoms with Crippen LogP contribution in [0.3, 0.4) is 0 Å². The van der Waals surface area contributed by atoms with Crippen LogP contribution < -0.4 is 15.0 Å². The summed E-state index contributed by atoms with van der Waals surface area (Å²) in [4.78, 5) is 26.0. The first-order chi connectivity index (χ1) is 16.1. The zero-order valence-electron chi connectivity index (χ0n) is 17.8. The van der Waals surface area contributed by atoms with Gasteiger partial charge in [-0.2, -0.15) is 22.0 Å². The Morgan fingerprint density at radius 2 is 1.83 bits per heavy atom. The highest BCUT2D eigenvalue weighted by Crippen LogP contribution is 2.52. The quantitative estimate of drug-likeness (QED) is 0.587. The van der Waals surface area contributed by atoms with Crippen molar-refractivity contribution in [3.8, 4) is 5.75 Å². The topological polar surface area (TPSA) is 113 Å². The normalized spacial score (nSPS) is 22.5. The fourth-order valence-electron chi connectivity index (χ4n) is 4.22. The lowest BCUT2D eigenvalue weighted by atomic mass is 9.93. The van der Waals surface area contributed by atoms with Crippen LogP contribution in [0.15, 0.2) is 42.5 Å². The smallest absolute Gasteiger partial charge is 0.430 e. The molecular weight excluding hydrogens is 503 g/mol. The van der Waals surface area contributed by atoms with E-state index in [1.165, 1.54) is 13.0 Å². The van der Waals surface area contributed by atoms with Crippen molar-refractivity contribution in [3.63, 3.8) is 0 Å². The predicted molar refractivity (Wildman–Crippen MR) is 111 cm³/mol. The van der Waals surface area contributed by atoms with E-state index in [2.05, 4.69) is 10.1 Å². The molecule has 1 unspecified atom stereocenters. The highest BCUT2D eigenvalue weighted by atomic mass is 32.2. The number of alkyl halides is 5. The van der Waals surface area contributed by atoms with E-state index in [9.17, 15) is 45.1 Å². The summed E-state index contributed by atoms with van der Waals surface area (Å²) in [6, 6.07) is 7.09. The average molecular weight is 520 g/mol. The van der Waals surface area contributed by atoms with Gasteiger partial charge in [-0.1, -0.05) is 6.07 Å². The van der Waals surface area contributed by atoms with Crippen molar-refractivity contribution in [1.82, 2.24) is 5.32 Å². The van der Waals surface area contributed by atoms with E-state index >= 15 is 0 Å². The van der Waals surface area contributed by atoms with Crippen molar-refractivity contribution < 1.29 is 49.8 Å². The van der Waals surface area contributed by atoms with Crippen LogP contribution in [0.25, 0.3) is 0 Å². The minimum absolute atomic E-state index is 0.293. The number of hydrogen-bond acceptors (Lipinski definition) is 6. The Hall–Kier alpha value is -3.26. The summed E-state index contributed by atoms with van der Waals surface area (Å²) in [7, 11) is -3.33. The second-order valence-electron chi connectivity index (χ2n) is 8.50. The van der Waals surface area contributed by atoms with Crippen LogP contribution in [0.2, 0.25) is 0 Å². The maximum Gasteiger partial charge on any atom is 0.430 e. The molecule has 0 spiro atoms. The Kier molecular flexibility index (Phi) is 5.60. The van der Waals surface area contributed by atoms with Crippen molar-refractivity contribution in [2.75, 3.05) is 16.4 Å². The van der Waals surface area contributed by atoms with Gasteiger partial charge in [0.1, 0.15) is 5.75 Å². The number of nitrogens with one attached hydrogen (secondary N) is 1. The van der Waals surface area contributed by atoms with Gasteiger partial charge in [0, 0.05) is 17.2 Å². The lowest BCUT2D eigenvalue weighted by Crippen LogP contribution is -2.63. The number of nitrogens with zero attached hydrogens (tertiary/aromatic N) is 1. The molecule has 1 fully saturated rings. The number of ether oxygens (including phenoxy) is 1. The van der Waals surface area contributed by atoms with Gasteiger partial charge < -0.3 is 15.2 Å². The molecule has 4 rings (SSSR count). The molecule has 0 bridgehead atoms. The monoisotopic (exact) mass is 520 g/mol. The van der Waals surface area contributed by atoms with Gasteiger partial charge in [-0.3, -0.25) is 14.5 Å². The zero-order chi connectivity index (χ0) is 26.0. The van der Waals surface area contributed by atoms with E-state index in [0.717, 1.165) is 30.3 Å². The number of sulfone groups is 1. The molecule has 2 aliphatic heterocycles. The van der Waals surface area contributed by atoms with Crippen molar-refractivity contribution in [2.45, 2.75) is 30.9 Å². The van der Waals surface area contributed by atoms with E-state index in [-0.39, 0.29) is 22.8 Å². The Bertz CT molecular complexity index is 1320. The number of hydrogen-bond donors (Lipinski definition) is 2. The summed E-state index contributed by atoms with van der Waals surface area (Å²) in [6.45, 7) is -1.78. The Balaban J connectivity index is 1.76. The van der Waals surface area contributed by atoms with Crippen molar-refractivity contribution in [1.29, 1.82) is 0 Å². The SMILES string of the molecule is CC1(NC(=O)c2ccc3c(c2)C(O)(C(F)(F)F)C(=O)N3c2cccc(OC(F)F)c2)CS(=O)(=O)C1. The molecule has 0 aliphatic carbocycles. The van der Waals surface area contributed by atoms with Crippen LogP contribution >= 0.6 is 0 Å². The molecular formula is C21H17F5N2O6S. The standard InChI is InChI=1S/C21H17F5N2O6S/c1-19(9-35(32,33)10-19)27-16(29)11-5-6-15-14(7-11)20(31,21(24,25)26)17(30)28(15)12-3-2-4-13(8-12)34-18(22)23/h2-8,18,31H,9-10H2,1H3,(H,27,29). The van der Waals surface area contributed by atoms with Gasteiger partial charge in [0.15, 0.2) is 9.84 Å². The summed E-state index contributed by atoms with van der Waals surface area (Å²) in [5.41, 5.74) is -7.20. The first kappa shape index (κ1) is 24.9. The number of benzene rings is 2. The number of fused-ring (bicyclic) bond motifs is 1. The van der Waals surface area contributed by atoms with Crippen LogP contribution in [0.5, 0.6) is 5.75 Å². The molecule has 2 amide bonds. The van der Waals surface area contributed by atoms with E-state index in [1.807, 2.05) is 0 Å². The Labute approximate surface area is 195 Å². The third kappa shape index (κ3) is 4.20. The molecule has 2 heterocycles. The molecule has 1 saturated heterocycles. The number of amides is 2. The van der Waals surface area contributed by atoms with E-state index in [1.54, 1.807) is 0 Å². The zero-order valence-corrected chi connectivity index (χ0v) is 18.6. The molecule has 8 nitrogen and oxygen atoms in total. The van der Waals surface area contributed by atoms with Gasteiger partial charge in [0.25, 0.3) is 17.4 Å². The van der Waals surface area contributed by atoms with Crippen LogP contribution in [0.1, 0.15) is 22.8 Å². The first-order valence-corrected chi connectivity index (χ1v) is 11.7. The van der Waals surface area contributed by atoms with Gasteiger partial charge in [0.05, 0.1) is 28.4 Å². The van der Waals surface area contributed by atoms with Crippen molar-refractivity contribution in [2.24, 2.45) is 0 Å². The summed E-state index contributed by atoms with van der Waals surface area (Å²) in [6.07, 6.45) is -5.51. The minimum atomic E-state index is -5.51. The largest absolute Gasteiger partial charge is 0.435 e. The van der Waals surface area contributed by atoms with Gasteiger partial charge >= 0.3 is 12.8 Å². The van der Waals surface area contributed by atoms with Gasteiger partial charge in [-0.25, -0.2) is 8.42 Å². The second-order valence-corrected chi connectivity index (χ2v) is 10.6. The van der Waals surface area contributed by atoms with Crippen molar-refractivity contribution >= 4 is 33.0 Å². The predicted octanol–water partition coefficient (Wildman–Crippen LogP) is 2.63. The Morgan fingerprint density at radius 3 is 2.40 bits per heavy atom. The first-order valence-electron chi connectivity index (χ1n) is 9.92. The van der Waals surface area contributed by atoms with E-state index < -0.39 is 62.6 Å². The molecule has 1 atom stereocenters. The van der Waals surface area contributed by atoms with E-state index in [4.69, 9.17) is 0 Å². The van der Waals surface area contributed by atoms with Crippen LogP contribution in [-0.2, 0) is 20.2 Å². The lowest BCUT2D eigenvalue weighted by Gasteiger charge is -2.38. The number of halogens is 5. The molecule has 2 aromatic carbocycles. The lowest BCUT2D eigenvalue weighted by molar-refractivity contribution is -0.253. The number of anilines is 2. The summed E-state index contributed by atoms with van der Waals surface area (Å²) >= 11 is 0. The third-order valence-electron chi connectivity index (χ3n) is 5.61. The molecule has 0 radical (unpaired) electrons. The second kappa shape index (κ2) is 7.88. The van der Waals surface area contributed by atoms with Gasteiger partial charge in [0.2, 0.25) is 0 Å². The fraction of sp³-hybridized carbons (Fsp3) is 0.333. The highest BCUT2D eigenvalue weighted by Gasteiger charge is 2.67. The number of carbonyl (C=O) groups is 2. The molecule has 2 aliphatic rings. The van der Waals surface area contributed by atoms with Crippen LogP contribution in [-0.4, -0.2) is 55.2 Å². The van der Waals surface area contributed by atoms with Gasteiger partial charge in [-0.05, 0) is 37.3 Å². The molecule has 0 aromatic heterocycles. The molecule has 35 heavy (non-hydrogen) atoms. The molecule has 2 aromatic rings. The number of rotatable bonds is 5. The molecule has 188 valence electrons. The number of carbonyl (C=O) groups excluding carboxylic acids is 2. The van der Waals surface area contributed by atoms with Gasteiger partial charge in [-0.15, -0.1) is 0 Å². The summed E-state index contributed by atoms with van der Waals surface area (Å²) < 4.78 is 94.2. The number of aliphatic hydroxyl groups is 1. The molecule has 2 N–H and O–H groups in total. The summed E-state index contributed by atoms with van der Waals surface area (Å²) in [5, 5.41) is 13.0. The Morgan fingerprint density at radius 1 is 1.17 bits per heavy atom. The third-order valence-corrected chi connectivity index (χ3v) is 7.76. The van der Waals surface area contributed by atoms with Crippen LogP contribution in [0, 0.1) is 0 Å².